The molecule has 4 N–H and O–H groups in total. The molecule has 4 fully saturated rings. The molecule has 29 heavy (non-hydrogen) atoms. The van der Waals surface area contributed by atoms with Gasteiger partial charge in [-0.15, -0.1) is 11.8 Å². The van der Waals surface area contributed by atoms with Gasteiger partial charge in [0.1, 0.15) is 48.2 Å². The largest absolute Gasteiger partial charge is 0.394 e. The molecule has 10 atom stereocenters. The summed E-state index contributed by atoms with van der Waals surface area (Å²) in [6.45, 7) is 6.70. The minimum atomic E-state index is -1.29. The quantitative estimate of drug-likeness (QED) is 0.417. The average Bonchev–Trinajstić information content (AvgIpc) is 3.23. The molecule has 11 heteroatoms. The minimum absolute atomic E-state index is 0.365. The van der Waals surface area contributed by atoms with Crippen LogP contribution >= 0.6 is 11.8 Å². The van der Waals surface area contributed by atoms with Gasteiger partial charge < -0.3 is 48.8 Å². The topological polar surface area (TPSA) is 136 Å². The summed E-state index contributed by atoms with van der Waals surface area (Å²) >= 11 is 1.24. The third-order valence-electron chi connectivity index (χ3n) is 5.50. The minimum Gasteiger partial charge on any atom is -0.394 e. The maximum Gasteiger partial charge on any atom is 0.190 e. The fourth-order valence-corrected chi connectivity index (χ4v) is 5.46. The molecule has 10 nitrogen and oxygen atoms in total. The summed E-state index contributed by atoms with van der Waals surface area (Å²) < 4.78 is 35.6. The fourth-order valence-electron chi connectivity index (χ4n) is 4.25. The predicted octanol–water partition coefficient (Wildman–Crippen LogP) is -1.08. The van der Waals surface area contributed by atoms with Gasteiger partial charge in [0.25, 0.3) is 0 Å². The van der Waals surface area contributed by atoms with Crippen molar-refractivity contribution in [1.29, 1.82) is 0 Å². The van der Waals surface area contributed by atoms with Gasteiger partial charge in [-0.25, -0.2) is 0 Å². The van der Waals surface area contributed by atoms with Gasteiger partial charge in [-0.05, 0) is 27.7 Å². The van der Waals surface area contributed by atoms with Crippen molar-refractivity contribution in [1.82, 2.24) is 0 Å². The second-order valence-corrected chi connectivity index (χ2v) is 9.87. The molecule has 0 aromatic carbocycles. The lowest BCUT2D eigenvalue weighted by Crippen LogP contribution is -2.55. The van der Waals surface area contributed by atoms with Crippen LogP contribution in [0, 0.1) is 0 Å². The number of hydrogen-bond acceptors (Lipinski definition) is 11. The van der Waals surface area contributed by atoms with Crippen LogP contribution in [0.25, 0.3) is 0 Å². The first-order chi connectivity index (χ1) is 13.5. The fraction of sp³-hybridized carbons (Fsp3) is 1.00. The monoisotopic (exact) mass is 438 g/mol. The molecule has 0 bridgehead atoms. The SMILES string of the molecule is CC1(C)O[C@H]2[C@@H](O1)[C@@H](CS[C@@H]1O[C@@H]([C@H](O)CO)[C@H](O)[C@H]1O)O[C@@H]1OC(C)(C)O[C@@H]12. The van der Waals surface area contributed by atoms with Crippen molar-refractivity contribution in [3.05, 3.63) is 0 Å². The van der Waals surface area contributed by atoms with Gasteiger partial charge >= 0.3 is 0 Å². The van der Waals surface area contributed by atoms with Gasteiger partial charge in [-0.3, -0.25) is 0 Å². The van der Waals surface area contributed by atoms with Crippen molar-refractivity contribution in [2.75, 3.05) is 12.4 Å². The lowest BCUT2D eigenvalue weighted by atomic mass is 10.00. The summed E-state index contributed by atoms with van der Waals surface area (Å²) in [5.74, 6) is -1.24. The molecule has 0 spiro atoms. The van der Waals surface area contributed by atoms with E-state index < -0.39 is 72.6 Å². The van der Waals surface area contributed by atoms with Crippen LogP contribution in [0.15, 0.2) is 0 Å². The standard InChI is InChI=1S/C18H30O10S/c1-17(2)25-12-8(23-15-14(13(12)26-17)27-18(3,4)28-15)6-29-16-10(22)9(21)11(24-16)7(20)5-19/h7-16,19-22H,5-6H2,1-4H3/t7-,8-,9-,10-,11+,12+,13+,14-,15-,16+/m1/s1. The highest BCUT2D eigenvalue weighted by atomic mass is 32.2. The number of hydrogen-bond donors (Lipinski definition) is 4. The summed E-state index contributed by atoms with van der Waals surface area (Å²) in [6, 6.07) is 0. The third kappa shape index (κ3) is 4.20. The first kappa shape index (κ1) is 22.2. The first-order valence-corrected chi connectivity index (χ1v) is 10.8. The van der Waals surface area contributed by atoms with Crippen LogP contribution in [0.4, 0.5) is 0 Å². The van der Waals surface area contributed by atoms with Crippen molar-refractivity contribution in [3.8, 4) is 0 Å². The van der Waals surface area contributed by atoms with Crippen LogP contribution in [0.2, 0.25) is 0 Å². The Labute approximate surface area is 173 Å². The Hall–Kier alpha value is -0.0500. The zero-order valence-corrected chi connectivity index (χ0v) is 17.7. The first-order valence-electron chi connectivity index (χ1n) is 9.80. The Morgan fingerprint density at radius 1 is 0.862 bits per heavy atom. The summed E-state index contributed by atoms with van der Waals surface area (Å²) in [5, 5.41) is 39.2. The van der Waals surface area contributed by atoms with Crippen molar-refractivity contribution in [2.45, 2.75) is 99.8 Å². The van der Waals surface area contributed by atoms with E-state index in [-0.39, 0.29) is 6.10 Å². The Balaban J connectivity index is 1.43. The third-order valence-corrected chi connectivity index (χ3v) is 6.74. The van der Waals surface area contributed by atoms with E-state index in [0.29, 0.717) is 5.75 Å². The van der Waals surface area contributed by atoms with Crippen LogP contribution < -0.4 is 0 Å². The van der Waals surface area contributed by atoms with Crippen LogP contribution in [0.3, 0.4) is 0 Å². The van der Waals surface area contributed by atoms with Gasteiger partial charge in [-0.1, -0.05) is 0 Å². The Bertz CT molecular complexity index is 603. The van der Waals surface area contributed by atoms with Crippen molar-refractivity contribution in [3.63, 3.8) is 0 Å². The van der Waals surface area contributed by atoms with E-state index in [1.54, 1.807) is 0 Å². The van der Waals surface area contributed by atoms with Crippen LogP contribution in [-0.2, 0) is 28.4 Å². The molecule has 4 aliphatic rings. The summed E-state index contributed by atoms with van der Waals surface area (Å²) in [7, 11) is 0. The van der Waals surface area contributed by atoms with E-state index >= 15 is 0 Å². The van der Waals surface area contributed by atoms with E-state index in [4.69, 9.17) is 33.5 Å². The molecule has 0 radical (unpaired) electrons. The smallest absolute Gasteiger partial charge is 0.190 e. The van der Waals surface area contributed by atoms with E-state index in [9.17, 15) is 15.3 Å². The summed E-state index contributed by atoms with van der Waals surface area (Å²) in [6.07, 6.45) is -7.08. The Kier molecular flexibility index (Phi) is 5.97. The lowest BCUT2D eigenvalue weighted by molar-refractivity contribution is -0.228. The summed E-state index contributed by atoms with van der Waals surface area (Å²) in [4.78, 5) is 0. The van der Waals surface area contributed by atoms with Crippen LogP contribution in [0.5, 0.6) is 0 Å². The van der Waals surface area contributed by atoms with E-state index in [0.717, 1.165) is 0 Å². The molecule has 4 saturated heterocycles. The second kappa shape index (κ2) is 7.82. The number of ether oxygens (including phenoxy) is 6. The number of rotatable bonds is 5. The molecule has 0 amide bonds. The van der Waals surface area contributed by atoms with E-state index in [1.165, 1.54) is 11.8 Å². The molecular weight excluding hydrogens is 408 g/mol. The molecule has 0 aliphatic carbocycles. The van der Waals surface area contributed by atoms with Gasteiger partial charge in [0.15, 0.2) is 17.9 Å². The molecule has 0 unspecified atom stereocenters. The van der Waals surface area contributed by atoms with Gasteiger partial charge in [0, 0.05) is 5.75 Å². The van der Waals surface area contributed by atoms with Crippen LogP contribution in [-0.4, -0.2) is 105 Å². The lowest BCUT2D eigenvalue weighted by Gasteiger charge is -2.37. The zero-order valence-electron chi connectivity index (χ0n) is 16.8. The molecule has 0 aromatic heterocycles. The number of aliphatic hydroxyl groups is 4. The maximum atomic E-state index is 10.3. The Morgan fingerprint density at radius 3 is 2.17 bits per heavy atom. The van der Waals surface area contributed by atoms with Gasteiger partial charge in [0.05, 0.1) is 12.7 Å². The molecule has 0 aromatic rings. The Morgan fingerprint density at radius 2 is 1.48 bits per heavy atom. The van der Waals surface area contributed by atoms with Crippen molar-refractivity contribution in [2.24, 2.45) is 0 Å². The molecule has 0 saturated carbocycles. The van der Waals surface area contributed by atoms with Crippen molar-refractivity contribution < 1.29 is 48.8 Å². The molecule has 4 aliphatic heterocycles. The van der Waals surface area contributed by atoms with Crippen LogP contribution in [0.1, 0.15) is 27.7 Å². The van der Waals surface area contributed by atoms with Crippen molar-refractivity contribution >= 4 is 11.8 Å². The highest BCUT2D eigenvalue weighted by Crippen LogP contribution is 2.45. The summed E-state index contributed by atoms with van der Waals surface area (Å²) in [5.41, 5.74) is -0.788. The predicted molar refractivity (Wildman–Crippen MR) is 98.7 cm³/mol. The molecule has 4 rings (SSSR count). The van der Waals surface area contributed by atoms with Gasteiger partial charge in [0.2, 0.25) is 0 Å². The zero-order chi connectivity index (χ0) is 21.1. The second-order valence-electron chi connectivity index (χ2n) is 8.74. The van der Waals surface area contributed by atoms with E-state index in [2.05, 4.69) is 0 Å². The van der Waals surface area contributed by atoms with Gasteiger partial charge in [-0.2, -0.15) is 0 Å². The highest BCUT2D eigenvalue weighted by molar-refractivity contribution is 7.99. The normalized spacial score (nSPS) is 49.0. The number of fused-ring (bicyclic) bond motifs is 3. The molecular formula is C18H30O10S. The average molecular weight is 438 g/mol. The number of thioether (sulfide) groups is 1. The maximum absolute atomic E-state index is 10.3. The molecule has 4 heterocycles. The van der Waals surface area contributed by atoms with E-state index in [1.807, 2.05) is 27.7 Å². The number of aliphatic hydroxyl groups excluding tert-OH is 4. The molecule has 168 valence electrons. The highest BCUT2D eigenvalue weighted by Gasteiger charge is 2.60.